The molecule has 0 saturated carbocycles. The van der Waals surface area contributed by atoms with Crippen molar-refractivity contribution >= 4 is 0 Å². The molecule has 0 bridgehead atoms. The van der Waals surface area contributed by atoms with Crippen LogP contribution in [0.15, 0.2) is 48.5 Å². The Balaban J connectivity index is 2.30. The summed E-state index contributed by atoms with van der Waals surface area (Å²) in [4.78, 5) is 0. The van der Waals surface area contributed by atoms with Crippen molar-refractivity contribution in [2.45, 2.75) is 26.0 Å². The van der Waals surface area contributed by atoms with Crippen LogP contribution in [0.2, 0.25) is 0 Å². The number of benzene rings is 2. The average Bonchev–Trinajstić information content (AvgIpc) is 2.46. The van der Waals surface area contributed by atoms with Crippen LogP contribution < -0.4 is 15.2 Å². The van der Waals surface area contributed by atoms with Gasteiger partial charge in [-0.25, -0.2) is 0 Å². The lowest BCUT2D eigenvalue weighted by Crippen LogP contribution is -2.13. The molecule has 0 saturated heterocycles. The third-order valence-corrected chi connectivity index (χ3v) is 3.06. The summed E-state index contributed by atoms with van der Waals surface area (Å²) in [5, 5.41) is 0. The number of para-hydroxylation sites is 1. The summed E-state index contributed by atoms with van der Waals surface area (Å²) in [7, 11) is 1.66. The Kier molecular flexibility index (Phi) is 4.64. The fraction of sp³-hybridized carbons (Fsp3) is 0.294. The van der Waals surface area contributed by atoms with E-state index in [2.05, 4.69) is 0 Å². The number of hydrogen-bond acceptors (Lipinski definition) is 3. The third-order valence-electron chi connectivity index (χ3n) is 3.06. The van der Waals surface area contributed by atoms with Gasteiger partial charge in [0.1, 0.15) is 11.5 Å². The number of hydrogen-bond donors (Lipinski definition) is 1. The highest BCUT2D eigenvalue weighted by atomic mass is 16.5. The molecule has 3 heteroatoms. The van der Waals surface area contributed by atoms with Gasteiger partial charge in [-0.1, -0.05) is 30.3 Å². The summed E-state index contributed by atoms with van der Waals surface area (Å²) in [6, 6.07) is 15.5. The van der Waals surface area contributed by atoms with Gasteiger partial charge >= 0.3 is 0 Å². The zero-order valence-electron chi connectivity index (χ0n) is 12.2. The van der Waals surface area contributed by atoms with Crippen LogP contribution >= 0.6 is 0 Å². The van der Waals surface area contributed by atoms with E-state index in [0.717, 1.165) is 22.6 Å². The maximum Gasteiger partial charge on any atom is 0.123 e. The van der Waals surface area contributed by atoms with Crippen LogP contribution in [0.1, 0.15) is 31.0 Å². The van der Waals surface area contributed by atoms with Gasteiger partial charge in [0.2, 0.25) is 0 Å². The lowest BCUT2D eigenvalue weighted by molar-refractivity contribution is 0.242. The highest BCUT2D eigenvalue weighted by Gasteiger charge is 2.14. The van der Waals surface area contributed by atoms with E-state index in [9.17, 15) is 0 Å². The Morgan fingerprint density at radius 3 is 2.45 bits per heavy atom. The van der Waals surface area contributed by atoms with Gasteiger partial charge in [0.05, 0.1) is 19.3 Å². The maximum atomic E-state index is 6.36. The topological polar surface area (TPSA) is 44.5 Å². The first-order valence-corrected chi connectivity index (χ1v) is 6.77. The molecule has 0 aliphatic rings. The lowest BCUT2D eigenvalue weighted by Gasteiger charge is -2.17. The van der Waals surface area contributed by atoms with E-state index in [1.807, 2.05) is 62.4 Å². The van der Waals surface area contributed by atoms with Crippen LogP contribution in [0.4, 0.5) is 0 Å². The second kappa shape index (κ2) is 6.44. The van der Waals surface area contributed by atoms with Gasteiger partial charge in [-0.05, 0) is 37.6 Å². The molecule has 0 aliphatic carbocycles. The van der Waals surface area contributed by atoms with E-state index in [0.29, 0.717) is 0 Å². The Hall–Kier alpha value is -2.00. The minimum Gasteiger partial charge on any atom is -0.496 e. The van der Waals surface area contributed by atoms with E-state index in [4.69, 9.17) is 15.2 Å². The first-order chi connectivity index (χ1) is 9.61. The van der Waals surface area contributed by atoms with Gasteiger partial charge in [-0.3, -0.25) is 0 Å². The predicted molar refractivity (Wildman–Crippen MR) is 81.2 cm³/mol. The third kappa shape index (κ3) is 3.31. The molecule has 0 amide bonds. The lowest BCUT2D eigenvalue weighted by atomic mass is 9.98. The quantitative estimate of drug-likeness (QED) is 0.904. The molecule has 2 aromatic rings. The minimum absolute atomic E-state index is 0.146. The summed E-state index contributed by atoms with van der Waals surface area (Å²) >= 11 is 0. The van der Waals surface area contributed by atoms with Gasteiger partial charge in [0.25, 0.3) is 0 Å². The fourth-order valence-corrected chi connectivity index (χ4v) is 2.16. The molecule has 0 heterocycles. The normalized spacial score (nSPS) is 12.2. The molecule has 0 radical (unpaired) electrons. The van der Waals surface area contributed by atoms with Crippen molar-refractivity contribution in [2.75, 3.05) is 7.11 Å². The number of rotatable bonds is 5. The highest BCUT2D eigenvalue weighted by molar-refractivity contribution is 5.43. The zero-order valence-corrected chi connectivity index (χ0v) is 12.2. The molecular weight excluding hydrogens is 250 g/mol. The smallest absolute Gasteiger partial charge is 0.123 e. The van der Waals surface area contributed by atoms with Crippen LogP contribution in [-0.4, -0.2) is 13.2 Å². The molecule has 20 heavy (non-hydrogen) atoms. The van der Waals surface area contributed by atoms with E-state index >= 15 is 0 Å². The molecule has 0 fully saturated rings. The average molecular weight is 271 g/mol. The summed E-state index contributed by atoms with van der Waals surface area (Å²) in [5.41, 5.74) is 8.33. The van der Waals surface area contributed by atoms with Crippen molar-refractivity contribution in [1.82, 2.24) is 0 Å². The summed E-state index contributed by atoms with van der Waals surface area (Å²) < 4.78 is 11.1. The number of methoxy groups -OCH3 is 1. The first-order valence-electron chi connectivity index (χ1n) is 6.77. The van der Waals surface area contributed by atoms with Crippen LogP contribution in [0, 0.1) is 0 Å². The first kappa shape index (κ1) is 14.4. The molecule has 0 aliphatic heterocycles. The van der Waals surface area contributed by atoms with Gasteiger partial charge < -0.3 is 15.2 Å². The van der Waals surface area contributed by atoms with Crippen molar-refractivity contribution in [3.8, 4) is 11.5 Å². The van der Waals surface area contributed by atoms with Crippen molar-refractivity contribution in [3.63, 3.8) is 0 Å². The SMILES string of the molecule is COc1ccccc1C(N)c1cccc(OC(C)C)c1. The predicted octanol–water partition coefficient (Wildman–Crippen LogP) is 3.53. The Morgan fingerprint density at radius 1 is 1.00 bits per heavy atom. The summed E-state index contributed by atoms with van der Waals surface area (Å²) in [6.45, 7) is 4.01. The molecule has 2 rings (SSSR count). The van der Waals surface area contributed by atoms with Gasteiger partial charge in [-0.15, -0.1) is 0 Å². The summed E-state index contributed by atoms with van der Waals surface area (Å²) in [6.07, 6.45) is 0.146. The molecule has 1 atom stereocenters. The minimum atomic E-state index is -0.234. The van der Waals surface area contributed by atoms with E-state index in [1.165, 1.54) is 0 Å². The van der Waals surface area contributed by atoms with Crippen LogP contribution in [0.5, 0.6) is 11.5 Å². The Labute approximate surface area is 120 Å². The van der Waals surface area contributed by atoms with Crippen LogP contribution in [0.25, 0.3) is 0 Å². The molecular formula is C17H21NO2. The maximum absolute atomic E-state index is 6.36. The Bertz CT molecular complexity index is 566. The van der Waals surface area contributed by atoms with Crippen molar-refractivity contribution in [1.29, 1.82) is 0 Å². The van der Waals surface area contributed by atoms with Crippen molar-refractivity contribution in [2.24, 2.45) is 5.73 Å². The van der Waals surface area contributed by atoms with Crippen molar-refractivity contribution in [3.05, 3.63) is 59.7 Å². The van der Waals surface area contributed by atoms with Crippen molar-refractivity contribution < 1.29 is 9.47 Å². The van der Waals surface area contributed by atoms with E-state index in [1.54, 1.807) is 7.11 Å². The number of nitrogens with two attached hydrogens (primary N) is 1. The molecule has 2 N–H and O–H groups in total. The van der Waals surface area contributed by atoms with Crippen LogP contribution in [-0.2, 0) is 0 Å². The summed E-state index contributed by atoms with van der Waals surface area (Å²) in [5.74, 6) is 1.64. The molecule has 0 aromatic heterocycles. The second-order valence-electron chi connectivity index (χ2n) is 4.96. The highest BCUT2D eigenvalue weighted by Crippen LogP contribution is 2.29. The fourth-order valence-electron chi connectivity index (χ4n) is 2.16. The molecule has 0 spiro atoms. The number of ether oxygens (including phenoxy) is 2. The largest absolute Gasteiger partial charge is 0.496 e. The van der Waals surface area contributed by atoms with Crippen LogP contribution in [0.3, 0.4) is 0 Å². The van der Waals surface area contributed by atoms with E-state index < -0.39 is 0 Å². The monoisotopic (exact) mass is 271 g/mol. The zero-order chi connectivity index (χ0) is 14.5. The van der Waals surface area contributed by atoms with Gasteiger partial charge in [0, 0.05) is 5.56 Å². The van der Waals surface area contributed by atoms with E-state index in [-0.39, 0.29) is 12.1 Å². The van der Waals surface area contributed by atoms with Gasteiger partial charge in [0.15, 0.2) is 0 Å². The van der Waals surface area contributed by atoms with Gasteiger partial charge in [-0.2, -0.15) is 0 Å². The standard InChI is InChI=1S/C17H21NO2/c1-12(2)20-14-8-6-7-13(11-14)17(18)15-9-4-5-10-16(15)19-3/h4-12,17H,18H2,1-3H3. The molecule has 106 valence electrons. The molecule has 2 aromatic carbocycles. The second-order valence-corrected chi connectivity index (χ2v) is 4.96. The Morgan fingerprint density at radius 2 is 1.75 bits per heavy atom. The molecule has 1 unspecified atom stereocenters. The molecule has 3 nitrogen and oxygen atoms in total.